The minimum absolute atomic E-state index is 0.157. The molecule has 11 heteroatoms. The fourth-order valence-corrected chi connectivity index (χ4v) is 6.31. The van der Waals surface area contributed by atoms with Crippen molar-refractivity contribution < 1.29 is 32.9 Å². The zero-order chi connectivity index (χ0) is 32.5. The third-order valence-electron chi connectivity index (χ3n) is 8.73. The number of carboxylic acid groups (broad SMARTS) is 1. The monoisotopic (exact) mass is 628 g/mol. The van der Waals surface area contributed by atoms with Crippen LogP contribution in [0.3, 0.4) is 0 Å². The number of hydrogen-bond donors (Lipinski definition) is 1. The van der Waals surface area contributed by atoms with E-state index in [-0.39, 0.29) is 23.7 Å². The van der Waals surface area contributed by atoms with Gasteiger partial charge < -0.3 is 24.2 Å². The molecule has 9 nitrogen and oxygen atoms in total. The number of ether oxygens (including phenoxy) is 3. The van der Waals surface area contributed by atoms with Crippen LogP contribution in [0.1, 0.15) is 102 Å². The van der Waals surface area contributed by atoms with Crippen LogP contribution in [0.4, 0.5) is 14.6 Å². The zero-order valence-corrected chi connectivity index (χ0v) is 27.3. The van der Waals surface area contributed by atoms with E-state index in [1.165, 1.54) is 6.07 Å². The predicted molar refractivity (Wildman–Crippen MR) is 167 cm³/mol. The van der Waals surface area contributed by atoms with E-state index < -0.39 is 29.3 Å². The van der Waals surface area contributed by atoms with Gasteiger partial charge in [0.05, 0.1) is 28.6 Å². The molecule has 3 aromatic rings. The number of rotatable bonds is 3. The number of aliphatic carboxylic acids is 1. The van der Waals surface area contributed by atoms with Crippen molar-refractivity contribution in [1.82, 2.24) is 14.6 Å². The zero-order valence-electron chi connectivity index (χ0n) is 27.3. The number of fused-ring (bicyclic) bond motifs is 10. The van der Waals surface area contributed by atoms with Crippen LogP contribution in [0.25, 0.3) is 5.65 Å². The molecule has 1 aromatic carbocycles. The van der Waals surface area contributed by atoms with Gasteiger partial charge in [-0.2, -0.15) is 9.61 Å². The lowest BCUT2D eigenvalue weighted by Gasteiger charge is -2.41. The molecule has 1 saturated heterocycles. The van der Waals surface area contributed by atoms with Crippen molar-refractivity contribution in [2.75, 3.05) is 24.6 Å². The number of benzene rings is 1. The fraction of sp³-hybridized carbons (Fsp3) is 0.618. The number of halogens is 2. The summed E-state index contributed by atoms with van der Waals surface area (Å²) in [6, 6.07) is 4.50. The van der Waals surface area contributed by atoms with Gasteiger partial charge in [0, 0.05) is 37.0 Å². The SMILES string of the molecule is Cc1nc2cc3nn2c(c1[C@H](OC(C)(C)C)C(=O)O)N1CCC(C)(CC1)OCCCC[C@H](C)Oc1ccc(F)c(F)c1CCC3. The molecule has 1 fully saturated rings. The van der Waals surface area contributed by atoms with Gasteiger partial charge in [-0.1, -0.05) is 0 Å². The number of carboxylic acids is 1. The van der Waals surface area contributed by atoms with E-state index in [2.05, 4.69) is 11.8 Å². The normalized spacial score (nSPS) is 22.7. The van der Waals surface area contributed by atoms with Crippen LogP contribution in [-0.2, 0) is 27.1 Å². The van der Waals surface area contributed by atoms with Gasteiger partial charge in [0.1, 0.15) is 11.6 Å². The van der Waals surface area contributed by atoms with Crippen LogP contribution < -0.4 is 9.64 Å². The third kappa shape index (κ3) is 7.57. The number of piperidine rings is 1. The summed E-state index contributed by atoms with van der Waals surface area (Å²) in [5.41, 5.74) is 1.53. The minimum Gasteiger partial charge on any atom is -0.490 e. The maximum absolute atomic E-state index is 15.0. The third-order valence-corrected chi connectivity index (χ3v) is 8.73. The maximum Gasteiger partial charge on any atom is 0.337 e. The standard InChI is InChI=1S/C34H46F2N4O5/c1-21-10-7-8-19-43-34(6)15-17-39(18-16-34)31-28(30(32(41)42)45-33(3,4)5)22(2)37-27-20-23(38-40(27)31)11-9-12-24-26(44-21)14-13-25(35)29(24)36/h13-14,20-21,30H,7-12,15-19H2,1-6H3,(H,41,42)/t21-,30-/m0/s1. The second-order valence-electron chi connectivity index (χ2n) is 13.7. The molecule has 6 rings (SSSR count). The molecular weight excluding hydrogens is 582 g/mol. The molecule has 0 aliphatic carbocycles. The van der Waals surface area contributed by atoms with Crippen molar-refractivity contribution in [1.29, 1.82) is 0 Å². The second-order valence-corrected chi connectivity index (χ2v) is 13.7. The van der Waals surface area contributed by atoms with Gasteiger partial charge in [-0.05, 0) is 105 Å². The molecule has 0 amide bonds. The van der Waals surface area contributed by atoms with Gasteiger partial charge in [0.15, 0.2) is 23.4 Å². The molecular formula is C34H46F2N4O5. The van der Waals surface area contributed by atoms with Crippen LogP contribution in [-0.4, -0.2) is 62.7 Å². The van der Waals surface area contributed by atoms with Gasteiger partial charge in [0.2, 0.25) is 0 Å². The van der Waals surface area contributed by atoms with Crippen molar-refractivity contribution >= 4 is 17.4 Å². The molecule has 4 bridgehead atoms. The van der Waals surface area contributed by atoms with Crippen LogP contribution in [0, 0.1) is 18.6 Å². The van der Waals surface area contributed by atoms with E-state index >= 15 is 4.39 Å². The summed E-state index contributed by atoms with van der Waals surface area (Å²) < 4.78 is 49.7. The highest BCUT2D eigenvalue weighted by Crippen LogP contribution is 2.38. The molecule has 1 N–H and O–H groups in total. The summed E-state index contributed by atoms with van der Waals surface area (Å²) in [6.07, 6.45) is 3.87. The van der Waals surface area contributed by atoms with Gasteiger partial charge in [-0.15, -0.1) is 0 Å². The van der Waals surface area contributed by atoms with Gasteiger partial charge in [-0.25, -0.2) is 18.6 Å². The molecule has 0 unspecified atom stereocenters. The Morgan fingerprint density at radius 1 is 1.16 bits per heavy atom. The highest BCUT2D eigenvalue weighted by molar-refractivity contribution is 5.78. The quantitative estimate of drug-likeness (QED) is 0.340. The Hall–Kier alpha value is -3.31. The number of hydrogen-bond acceptors (Lipinski definition) is 7. The lowest BCUT2D eigenvalue weighted by molar-refractivity contribution is -0.160. The molecule has 0 saturated carbocycles. The number of aromatic nitrogens is 3. The molecule has 246 valence electrons. The summed E-state index contributed by atoms with van der Waals surface area (Å²) >= 11 is 0. The summed E-state index contributed by atoms with van der Waals surface area (Å²) in [4.78, 5) is 19.6. The fourth-order valence-electron chi connectivity index (χ4n) is 6.31. The Balaban J connectivity index is 1.57. The average Bonchev–Trinajstić information content (AvgIpc) is 3.36. The summed E-state index contributed by atoms with van der Waals surface area (Å²) in [5, 5.41) is 15.3. The van der Waals surface area contributed by atoms with Crippen LogP contribution in [0.5, 0.6) is 5.75 Å². The lowest BCUT2D eigenvalue weighted by Crippen LogP contribution is -2.46. The smallest absolute Gasteiger partial charge is 0.337 e. The molecule has 3 aliphatic heterocycles. The van der Waals surface area contributed by atoms with Crippen molar-refractivity contribution in [2.45, 2.75) is 116 Å². The van der Waals surface area contributed by atoms with E-state index in [9.17, 15) is 14.3 Å². The summed E-state index contributed by atoms with van der Waals surface area (Å²) in [5.74, 6) is -1.87. The molecule has 45 heavy (non-hydrogen) atoms. The van der Waals surface area contributed by atoms with Crippen LogP contribution in [0.15, 0.2) is 18.2 Å². The average molecular weight is 629 g/mol. The number of nitrogens with zero attached hydrogens (tertiary/aromatic N) is 4. The highest BCUT2D eigenvalue weighted by atomic mass is 19.2. The maximum atomic E-state index is 15.0. The number of aryl methyl sites for hydroxylation is 2. The van der Waals surface area contributed by atoms with E-state index in [4.69, 9.17) is 24.3 Å². The molecule has 5 heterocycles. The summed E-state index contributed by atoms with van der Waals surface area (Å²) in [7, 11) is 0. The van der Waals surface area contributed by atoms with Crippen molar-refractivity contribution in [3.05, 3.63) is 52.3 Å². The van der Waals surface area contributed by atoms with Crippen molar-refractivity contribution in [3.8, 4) is 5.75 Å². The summed E-state index contributed by atoms with van der Waals surface area (Å²) in [6.45, 7) is 13.3. The highest BCUT2D eigenvalue weighted by Gasteiger charge is 2.37. The number of anilines is 1. The van der Waals surface area contributed by atoms with E-state index in [0.29, 0.717) is 61.0 Å². The predicted octanol–water partition coefficient (Wildman–Crippen LogP) is 6.76. The Labute approximate surface area is 263 Å². The van der Waals surface area contributed by atoms with Gasteiger partial charge in [0.25, 0.3) is 0 Å². The molecule has 2 atom stereocenters. The Bertz CT molecular complexity index is 1530. The number of carbonyl (C=O) groups is 1. The molecule has 3 aliphatic rings. The molecule has 2 aromatic heterocycles. The van der Waals surface area contributed by atoms with Gasteiger partial charge >= 0.3 is 5.97 Å². The topological polar surface area (TPSA) is 98.4 Å². The van der Waals surface area contributed by atoms with Gasteiger partial charge in [-0.3, -0.25) is 0 Å². The van der Waals surface area contributed by atoms with E-state index in [0.717, 1.165) is 43.9 Å². The molecule has 0 spiro atoms. The van der Waals surface area contributed by atoms with E-state index in [1.54, 1.807) is 11.4 Å². The Morgan fingerprint density at radius 2 is 1.89 bits per heavy atom. The Morgan fingerprint density at radius 3 is 2.58 bits per heavy atom. The van der Waals surface area contributed by atoms with E-state index in [1.807, 2.05) is 33.8 Å². The lowest BCUT2D eigenvalue weighted by atomic mass is 9.92. The first kappa shape index (κ1) is 33.1. The first-order valence-electron chi connectivity index (χ1n) is 16.1. The largest absolute Gasteiger partial charge is 0.490 e. The second kappa shape index (κ2) is 13.2. The molecule has 0 radical (unpaired) electrons. The Kier molecular flexibility index (Phi) is 9.70. The van der Waals surface area contributed by atoms with Crippen LogP contribution in [0.2, 0.25) is 0 Å². The first-order chi connectivity index (χ1) is 21.2. The minimum atomic E-state index is -1.25. The first-order valence-corrected chi connectivity index (χ1v) is 16.1. The van der Waals surface area contributed by atoms with Crippen molar-refractivity contribution in [2.24, 2.45) is 0 Å². The van der Waals surface area contributed by atoms with Crippen molar-refractivity contribution in [3.63, 3.8) is 0 Å². The van der Waals surface area contributed by atoms with Crippen LogP contribution >= 0.6 is 0 Å².